The van der Waals surface area contributed by atoms with E-state index in [2.05, 4.69) is 0 Å². The summed E-state index contributed by atoms with van der Waals surface area (Å²) in [6, 6.07) is 6.89. The van der Waals surface area contributed by atoms with Crippen LogP contribution in [0.1, 0.15) is 36.2 Å². The lowest BCUT2D eigenvalue weighted by Gasteiger charge is -2.00. The van der Waals surface area contributed by atoms with E-state index >= 15 is 0 Å². The molecule has 0 heterocycles. The molecule has 0 amide bonds. The van der Waals surface area contributed by atoms with E-state index in [9.17, 15) is 9.59 Å². The predicted octanol–water partition coefficient (Wildman–Crippen LogP) is 2.77. The summed E-state index contributed by atoms with van der Waals surface area (Å²) < 4.78 is 0. The molecule has 0 atom stereocenters. The highest BCUT2D eigenvalue weighted by Gasteiger charge is 2.04. The lowest BCUT2D eigenvalue weighted by atomic mass is 10.1. The highest BCUT2D eigenvalue weighted by Crippen LogP contribution is 2.11. The molecule has 0 saturated carbocycles. The summed E-state index contributed by atoms with van der Waals surface area (Å²) in [7, 11) is 0. The van der Waals surface area contributed by atoms with E-state index in [1.807, 2.05) is 0 Å². The van der Waals surface area contributed by atoms with Crippen LogP contribution in [0.2, 0.25) is 0 Å². The second-order valence-electron chi connectivity index (χ2n) is 3.51. The normalized spacial score (nSPS) is 11.2. The quantitative estimate of drug-likeness (QED) is 0.624. The summed E-state index contributed by atoms with van der Waals surface area (Å²) >= 11 is 0. The highest BCUT2D eigenvalue weighted by molar-refractivity contribution is 5.95. The van der Waals surface area contributed by atoms with E-state index in [0.717, 1.165) is 5.56 Å². The Kier molecular flexibility index (Phi) is 4.00. The first-order valence-electron chi connectivity index (χ1n) is 5.09. The first-order chi connectivity index (χ1) is 7.54. The zero-order valence-corrected chi connectivity index (χ0v) is 9.36. The molecule has 0 saturated heterocycles. The minimum absolute atomic E-state index is 0.00415. The fraction of sp³-hybridized carbons (Fsp3) is 0.231. The first kappa shape index (κ1) is 12.2. The molecule has 1 rings (SSSR count). The van der Waals surface area contributed by atoms with Gasteiger partial charge in [0.05, 0.1) is 0 Å². The van der Waals surface area contributed by atoms with Crippen LogP contribution in [0.25, 0.3) is 6.08 Å². The van der Waals surface area contributed by atoms with Gasteiger partial charge in [-0.3, -0.25) is 4.79 Å². The summed E-state index contributed by atoms with van der Waals surface area (Å²) in [6.07, 6.45) is 2.09. The Bertz CT molecular complexity index is 427. The van der Waals surface area contributed by atoms with Gasteiger partial charge in [-0.15, -0.1) is 0 Å². The van der Waals surface area contributed by atoms with Crippen LogP contribution in [-0.2, 0) is 4.79 Å². The third-order valence-corrected chi connectivity index (χ3v) is 2.31. The third-order valence-electron chi connectivity index (χ3n) is 2.31. The zero-order chi connectivity index (χ0) is 12.1. The number of hydrogen-bond acceptors (Lipinski definition) is 2. The number of benzene rings is 1. The van der Waals surface area contributed by atoms with Crippen LogP contribution in [0.5, 0.6) is 0 Å². The Labute approximate surface area is 94.4 Å². The van der Waals surface area contributed by atoms with Crippen molar-refractivity contribution >= 4 is 17.8 Å². The number of carboxylic acid groups (broad SMARTS) is 1. The Balaban J connectivity index is 2.98. The minimum atomic E-state index is -0.904. The largest absolute Gasteiger partial charge is 0.478 e. The zero-order valence-electron chi connectivity index (χ0n) is 9.36. The molecule has 0 aliphatic carbocycles. The highest BCUT2D eigenvalue weighted by atomic mass is 16.4. The number of rotatable bonds is 4. The van der Waals surface area contributed by atoms with Gasteiger partial charge >= 0.3 is 5.97 Å². The number of carbonyl (C=O) groups is 2. The van der Waals surface area contributed by atoms with Gasteiger partial charge in [0, 0.05) is 11.1 Å². The summed E-state index contributed by atoms with van der Waals surface area (Å²) in [5.41, 5.74) is 1.78. The van der Waals surface area contributed by atoms with Gasteiger partial charge in [-0.1, -0.05) is 31.2 Å². The molecule has 0 radical (unpaired) electrons. The Hall–Kier alpha value is -1.90. The van der Waals surface area contributed by atoms with E-state index < -0.39 is 5.97 Å². The SMILES string of the molecule is CCC(=Cc1ccc(C(C)=O)cc1)C(=O)O. The number of carboxylic acids is 1. The monoisotopic (exact) mass is 218 g/mol. The molecule has 1 aromatic carbocycles. The topological polar surface area (TPSA) is 54.4 Å². The van der Waals surface area contributed by atoms with Crippen molar-refractivity contribution in [1.29, 1.82) is 0 Å². The average molecular weight is 218 g/mol. The van der Waals surface area contributed by atoms with Crippen molar-refractivity contribution in [2.24, 2.45) is 0 Å². The fourth-order valence-electron chi connectivity index (χ4n) is 1.33. The van der Waals surface area contributed by atoms with Gasteiger partial charge < -0.3 is 5.11 Å². The molecular formula is C13H14O3. The van der Waals surface area contributed by atoms with Crippen LogP contribution < -0.4 is 0 Å². The van der Waals surface area contributed by atoms with Crippen molar-refractivity contribution in [3.05, 3.63) is 41.0 Å². The summed E-state index contributed by atoms with van der Waals surface area (Å²) in [5, 5.41) is 8.85. The van der Waals surface area contributed by atoms with Crippen molar-refractivity contribution < 1.29 is 14.7 Å². The maximum Gasteiger partial charge on any atom is 0.331 e. The molecule has 1 aromatic rings. The Morgan fingerprint density at radius 2 is 1.81 bits per heavy atom. The van der Waals surface area contributed by atoms with Crippen LogP contribution in [0, 0.1) is 0 Å². The molecule has 0 spiro atoms. The summed E-state index contributed by atoms with van der Waals surface area (Å²) in [4.78, 5) is 21.8. The summed E-state index contributed by atoms with van der Waals surface area (Å²) in [6.45, 7) is 3.30. The van der Waals surface area contributed by atoms with E-state index in [-0.39, 0.29) is 5.78 Å². The van der Waals surface area contributed by atoms with Crippen LogP contribution in [0.4, 0.5) is 0 Å². The van der Waals surface area contributed by atoms with Crippen molar-refractivity contribution in [3.63, 3.8) is 0 Å². The number of carbonyl (C=O) groups excluding carboxylic acids is 1. The van der Waals surface area contributed by atoms with Crippen molar-refractivity contribution in [1.82, 2.24) is 0 Å². The molecule has 3 heteroatoms. The second kappa shape index (κ2) is 5.26. The minimum Gasteiger partial charge on any atom is -0.478 e. The van der Waals surface area contributed by atoms with E-state index in [1.54, 1.807) is 37.3 Å². The van der Waals surface area contributed by atoms with E-state index in [1.165, 1.54) is 6.92 Å². The smallest absolute Gasteiger partial charge is 0.331 e. The maximum atomic E-state index is 11.0. The molecule has 1 N–H and O–H groups in total. The van der Waals surface area contributed by atoms with Crippen molar-refractivity contribution in [2.75, 3.05) is 0 Å². The van der Waals surface area contributed by atoms with Gasteiger partial charge in [-0.05, 0) is 25.0 Å². The third kappa shape index (κ3) is 3.05. The van der Waals surface area contributed by atoms with E-state index in [0.29, 0.717) is 17.6 Å². The van der Waals surface area contributed by atoms with E-state index in [4.69, 9.17) is 5.11 Å². The predicted molar refractivity (Wildman–Crippen MR) is 62.4 cm³/mol. The van der Waals surface area contributed by atoms with Crippen molar-refractivity contribution in [3.8, 4) is 0 Å². The fourth-order valence-corrected chi connectivity index (χ4v) is 1.33. The van der Waals surface area contributed by atoms with Gasteiger partial charge in [-0.25, -0.2) is 4.79 Å². The molecule has 0 aliphatic heterocycles. The molecule has 0 aliphatic rings. The first-order valence-corrected chi connectivity index (χ1v) is 5.09. The number of hydrogen-bond donors (Lipinski definition) is 1. The Morgan fingerprint density at radius 1 is 1.25 bits per heavy atom. The Morgan fingerprint density at radius 3 is 2.19 bits per heavy atom. The van der Waals surface area contributed by atoms with Crippen molar-refractivity contribution in [2.45, 2.75) is 20.3 Å². The standard InChI is InChI=1S/C13H14O3/c1-3-11(13(15)16)8-10-4-6-12(7-5-10)9(2)14/h4-8H,3H2,1-2H3,(H,15,16). The second-order valence-corrected chi connectivity index (χ2v) is 3.51. The van der Waals surface area contributed by atoms with Gasteiger partial charge in [-0.2, -0.15) is 0 Å². The molecule has 0 bridgehead atoms. The van der Waals surface area contributed by atoms with Gasteiger partial charge in [0.25, 0.3) is 0 Å². The maximum absolute atomic E-state index is 11.0. The number of aliphatic carboxylic acids is 1. The molecule has 0 fully saturated rings. The molecule has 3 nitrogen and oxygen atoms in total. The van der Waals surface area contributed by atoms with Gasteiger partial charge in [0.2, 0.25) is 0 Å². The molecule has 0 unspecified atom stereocenters. The van der Waals surface area contributed by atoms with Gasteiger partial charge in [0.15, 0.2) is 5.78 Å². The lowest BCUT2D eigenvalue weighted by Crippen LogP contribution is -1.98. The average Bonchev–Trinajstić information content (AvgIpc) is 2.26. The van der Waals surface area contributed by atoms with Crippen LogP contribution in [0.3, 0.4) is 0 Å². The summed E-state index contributed by atoms with van der Waals surface area (Å²) in [5.74, 6) is -0.900. The van der Waals surface area contributed by atoms with Crippen LogP contribution in [0.15, 0.2) is 29.8 Å². The lowest BCUT2D eigenvalue weighted by molar-refractivity contribution is -0.132. The molecular weight excluding hydrogens is 204 g/mol. The number of ketones is 1. The van der Waals surface area contributed by atoms with Gasteiger partial charge in [0.1, 0.15) is 0 Å². The van der Waals surface area contributed by atoms with Crippen LogP contribution >= 0.6 is 0 Å². The van der Waals surface area contributed by atoms with Crippen LogP contribution in [-0.4, -0.2) is 16.9 Å². The molecule has 84 valence electrons. The molecule has 0 aromatic heterocycles. The molecule has 16 heavy (non-hydrogen) atoms. The number of Topliss-reactive ketones (excluding diaryl/α,β-unsaturated/α-hetero) is 1.